The number of carbonyl (C=O) groups excluding carboxylic acids is 4. The maximum atomic E-state index is 13.5. The Bertz CT molecular complexity index is 2700. The van der Waals surface area contributed by atoms with E-state index in [2.05, 4.69) is 46.6 Å². The van der Waals surface area contributed by atoms with Gasteiger partial charge in [0.25, 0.3) is 11.8 Å². The first-order valence-corrected chi connectivity index (χ1v) is 23.6. The second-order valence-electron chi connectivity index (χ2n) is 16.3. The fourth-order valence-electron chi connectivity index (χ4n) is 8.13. The number of aliphatic imine (C=N–C) groups is 1. The number of carbonyl (C=O) groups is 4. The van der Waals surface area contributed by atoms with Crippen molar-refractivity contribution in [2.45, 2.75) is 52.1 Å². The van der Waals surface area contributed by atoms with Gasteiger partial charge in [-0.25, -0.2) is 0 Å². The molecule has 1 saturated heterocycles. The standard InChI is InChI=1S/C49H53ClN8O9S/c1-29-8-17-40(46(60)52-29)58-47(61)37-6-5-7-38(43(37)48(58)62)51-18-19-63-20-21-64-22-23-65-24-25-66-26-27-67-36-15-13-35(14-16-36)53-41(59)28-39-45-56-55-32(4)57(45)49-42(30(2)31(3)68-49)44(54-39)33-9-11-34(50)12-10-33/h5-7,9-16,39-40,51H,1,8,17-28H2,2-4H3,(H,52,60)(H,53,59)/t39-,40?/m0/s1. The van der Waals surface area contributed by atoms with Crippen LogP contribution in [-0.2, 0) is 28.5 Å². The van der Waals surface area contributed by atoms with Crippen molar-refractivity contribution in [2.24, 2.45) is 4.99 Å². The molecule has 8 rings (SSSR count). The van der Waals surface area contributed by atoms with E-state index in [1.54, 1.807) is 53.8 Å². The molecular formula is C49H53ClN8O9S. The van der Waals surface area contributed by atoms with Gasteiger partial charge in [0.05, 0.1) is 76.1 Å². The summed E-state index contributed by atoms with van der Waals surface area (Å²) < 4.78 is 30.3. The van der Waals surface area contributed by atoms with Crippen molar-refractivity contribution >= 4 is 63.7 Å². The third-order valence-corrected chi connectivity index (χ3v) is 13.1. The number of anilines is 2. The number of thiophene rings is 1. The second kappa shape index (κ2) is 22.2. The van der Waals surface area contributed by atoms with Crippen LogP contribution in [0.1, 0.15) is 79.2 Å². The molecule has 68 heavy (non-hydrogen) atoms. The van der Waals surface area contributed by atoms with Crippen molar-refractivity contribution < 1.29 is 42.9 Å². The van der Waals surface area contributed by atoms with E-state index in [0.717, 1.165) is 38.1 Å². The topological polar surface area (TPSA) is 197 Å². The highest BCUT2D eigenvalue weighted by molar-refractivity contribution is 7.15. The predicted molar refractivity (Wildman–Crippen MR) is 257 cm³/mol. The maximum Gasteiger partial charge on any atom is 0.264 e. The van der Waals surface area contributed by atoms with E-state index >= 15 is 0 Å². The van der Waals surface area contributed by atoms with Crippen molar-refractivity contribution in [2.75, 3.05) is 76.6 Å². The number of allylic oxidation sites excluding steroid dienone is 1. The normalized spacial score (nSPS) is 16.5. The van der Waals surface area contributed by atoms with Crippen LogP contribution in [0.3, 0.4) is 0 Å². The van der Waals surface area contributed by atoms with Crippen LogP contribution in [0, 0.1) is 20.8 Å². The van der Waals surface area contributed by atoms with E-state index in [1.165, 1.54) is 4.88 Å². The zero-order valence-corrected chi connectivity index (χ0v) is 39.7. The first kappa shape index (κ1) is 48.2. The fourth-order valence-corrected chi connectivity index (χ4v) is 9.47. The minimum absolute atomic E-state index is 0.0573. The molecule has 0 saturated carbocycles. The molecule has 1 fully saturated rings. The van der Waals surface area contributed by atoms with E-state index < -0.39 is 29.8 Å². The van der Waals surface area contributed by atoms with Crippen molar-refractivity contribution in [3.8, 4) is 10.8 Å². The third-order valence-electron chi connectivity index (χ3n) is 11.6. The second-order valence-corrected chi connectivity index (χ2v) is 17.9. The van der Waals surface area contributed by atoms with Gasteiger partial charge in [0.2, 0.25) is 11.8 Å². The Balaban J connectivity index is 0.676. The lowest BCUT2D eigenvalue weighted by molar-refractivity contribution is -0.125. The van der Waals surface area contributed by atoms with Gasteiger partial charge in [-0.2, -0.15) is 0 Å². The summed E-state index contributed by atoms with van der Waals surface area (Å²) in [5.41, 5.74) is 6.07. The Kier molecular flexibility index (Phi) is 15.7. The molecule has 5 aromatic rings. The number of piperidine rings is 1. The van der Waals surface area contributed by atoms with Gasteiger partial charge in [-0.05, 0) is 87.7 Å². The Morgan fingerprint density at radius 3 is 2.21 bits per heavy atom. The van der Waals surface area contributed by atoms with Gasteiger partial charge < -0.3 is 39.6 Å². The highest BCUT2D eigenvalue weighted by Crippen LogP contribution is 2.40. The molecule has 17 nitrogen and oxygen atoms in total. The molecule has 0 bridgehead atoms. The Morgan fingerprint density at radius 1 is 0.838 bits per heavy atom. The number of amides is 4. The van der Waals surface area contributed by atoms with Crippen LogP contribution in [0.15, 0.2) is 84.0 Å². The van der Waals surface area contributed by atoms with Crippen molar-refractivity contribution in [3.05, 3.63) is 128 Å². The molecule has 3 N–H and O–H groups in total. The number of imide groups is 1. The number of hydrogen-bond donors (Lipinski definition) is 3. The van der Waals surface area contributed by atoms with Crippen LogP contribution in [0.4, 0.5) is 11.4 Å². The molecular weight excluding hydrogens is 912 g/mol. The van der Waals surface area contributed by atoms with Crippen molar-refractivity contribution in [1.29, 1.82) is 0 Å². The number of fused-ring (bicyclic) bond motifs is 4. The average Bonchev–Trinajstić information content (AvgIpc) is 3.90. The lowest BCUT2D eigenvalue weighted by atomic mass is 9.99. The molecule has 2 atom stereocenters. The maximum absolute atomic E-state index is 13.5. The number of aryl methyl sites for hydroxylation is 2. The summed E-state index contributed by atoms with van der Waals surface area (Å²) in [6.07, 6.45) is 0.901. The van der Waals surface area contributed by atoms with Crippen molar-refractivity contribution in [3.63, 3.8) is 0 Å². The Hall–Kier alpha value is -6.28. The fraction of sp³-hybridized carbons (Fsp3) is 0.367. The zero-order chi connectivity index (χ0) is 47.7. The van der Waals surface area contributed by atoms with Gasteiger partial charge >= 0.3 is 0 Å². The summed E-state index contributed by atoms with van der Waals surface area (Å²) >= 11 is 7.90. The number of halogens is 1. The number of rotatable bonds is 22. The summed E-state index contributed by atoms with van der Waals surface area (Å²) in [5.74, 6) is 0.399. The molecule has 356 valence electrons. The summed E-state index contributed by atoms with van der Waals surface area (Å²) in [4.78, 5) is 59.8. The SMILES string of the molecule is C=C1CCC(N2C(=O)c3cccc(NCCOCCOCCOCCOCCOc4ccc(NC(=O)C[C@@H]5N=C(c6ccc(Cl)cc6)c6c(sc(C)c6C)-n6c(C)nnc65)cc4)c3C2=O)C(=O)N1. The van der Waals surface area contributed by atoms with E-state index in [1.807, 2.05) is 35.8 Å². The molecule has 3 aliphatic rings. The van der Waals surface area contributed by atoms with Crippen LogP contribution >= 0.6 is 22.9 Å². The van der Waals surface area contributed by atoms with Gasteiger partial charge in [-0.3, -0.25) is 33.6 Å². The molecule has 3 aliphatic heterocycles. The highest BCUT2D eigenvalue weighted by atomic mass is 35.5. The monoisotopic (exact) mass is 964 g/mol. The van der Waals surface area contributed by atoms with Crippen LogP contribution in [-0.4, -0.2) is 121 Å². The lowest BCUT2D eigenvalue weighted by Crippen LogP contribution is -2.51. The molecule has 19 heteroatoms. The third kappa shape index (κ3) is 11.0. The van der Waals surface area contributed by atoms with Gasteiger partial charge in [0, 0.05) is 44.6 Å². The van der Waals surface area contributed by atoms with E-state index in [-0.39, 0.29) is 23.5 Å². The quantitative estimate of drug-likeness (QED) is 0.0487. The highest BCUT2D eigenvalue weighted by Gasteiger charge is 2.45. The number of hydrogen-bond acceptors (Lipinski definition) is 14. The van der Waals surface area contributed by atoms with E-state index in [9.17, 15) is 19.2 Å². The number of nitrogens with one attached hydrogen (secondary N) is 3. The largest absolute Gasteiger partial charge is 0.491 e. The number of nitrogens with zero attached hydrogens (tertiary/aromatic N) is 5. The summed E-state index contributed by atoms with van der Waals surface area (Å²) in [6, 6.07) is 18.3. The molecule has 0 spiro atoms. The number of aromatic nitrogens is 3. The first-order valence-electron chi connectivity index (χ1n) is 22.4. The summed E-state index contributed by atoms with van der Waals surface area (Å²) in [6.45, 7) is 13.7. The molecule has 5 heterocycles. The molecule has 0 radical (unpaired) electrons. The van der Waals surface area contributed by atoms with Gasteiger partial charge in [-0.15, -0.1) is 21.5 Å². The minimum Gasteiger partial charge on any atom is -0.491 e. The zero-order valence-electron chi connectivity index (χ0n) is 38.1. The van der Waals surface area contributed by atoms with Crippen LogP contribution in [0.25, 0.3) is 5.00 Å². The molecule has 0 aliphatic carbocycles. The summed E-state index contributed by atoms with van der Waals surface area (Å²) in [5, 5.41) is 19.3. The summed E-state index contributed by atoms with van der Waals surface area (Å²) in [7, 11) is 0. The predicted octanol–water partition coefficient (Wildman–Crippen LogP) is 6.77. The number of benzene rings is 3. The molecule has 2 aromatic heterocycles. The van der Waals surface area contributed by atoms with Crippen LogP contribution in [0.2, 0.25) is 5.02 Å². The number of ether oxygens (including phenoxy) is 5. The Labute approximate surface area is 402 Å². The minimum atomic E-state index is -0.864. The molecule has 3 aromatic carbocycles. The van der Waals surface area contributed by atoms with Gasteiger partial charge in [0.15, 0.2) is 5.82 Å². The lowest BCUT2D eigenvalue weighted by Gasteiger charge is -2.29. The smallest absolute Gasteiger partial charge is 0.264 e. The van der Waals surface area contributed by atoms with Gasteiger partial charge in [0.1, 0.15) is 35.3 Å². The van der Waals surface area contributed by atoms with Crippen molar-refractivity contribution in [1.82, 2.24) is 25.0 Å². The Morgan fingerprint density at radius 2 is 1.51 bits per heavy atom. The van der Waals surface area contributed by atoms with Crippen LogP contribution < -0.4 is 20.7 Å². The van der Waals surface area contributed by atoms with E-state index in [4.69, 9.17) is 40.3 Å². The van der Waals surface area contributed by atoms with Gasteiger partial charge in [-0.1, -0.05) is 36.4 Å². The van der Waals surface area contributed by atoms with E-state index in [0.29, 0.717) is 113 Å². The molecule has 4 amide bonds. The average molecular weight is 966 g/mol. The first-order chi connectivity index (χ1) is 33.0. The van der Waals surface area contributed by atoms with Crippen LogP contribution in [0.5, 0.6) is 5.75 Å². The molecule has 1 unspecified atom stereocenters.